The Hall–Kier alpha value is -2.66. The molecule has 0 saturated heterocycles. The number of nitrogens with two attached hydrogens (primary N) is 1. The van der Waals surface area contributed by atoms with Gasteiger partial charge in [-0.1, -0.05) is 85.9 Å². The molecule has 0 radical (unpaired) electrons. The number of hydrogen-bond acceptors (Lipinski definition) is 11. The molecule has 0 bridgehead atoms. The van der Waals surface area contributed by atoms with Crippen molar-refractivity contribution in [2.24, 2.45) is 11.7 Å². The van der Waals surface area contributed by atoms with Gasteiger partial charge in [0.1, 0.15) is 20.8 Å². The maximum atomic E-state index is 12.9. The van der Waals surface area contributed by atoms with E-state index in [0.29, 0.717) is 30.6 Å². The lowest BCUT2D eigenvalue weighted by atomic mass is 9.97. The van der Waals surface area contributed by atoms with Crippen LogP contribution in [0.15, 0.2) is 58.0 Å². The first kappa shape index (κ1) is 48.8. The van der Waals surface area contributed by atoms with Gasteiger partial charge in [0.15, 0.2) is 0 Å². The van der Waals surface area contributed by atoms with Gasteiger partial charge in [-0.15, -0.1) is 45.3 Å². The van der Waals surface area contributed by atoms with E-state index in [9.17, 15) is 9.59 Å². The van der Waals surface area contributed by atoms with Crippen LogP contribution in [-0.2, 0) is 41.9 Å². The Kier molecular flexibility index (Phi) is 18.1. The van der Waals surface area contributed by atoms with E-state index in [1.165, 1.54) is 48.5 Å². The fraction of sp³-hybridized carbons (Fsp3) is 0.458. The molecule has 8 rings (SSSR count). The number of ketones is 1. The van der Waals surface area contributed by atoms with Crippen LogP contribution in [0.4, 0.5) is 5.00 Å². The normalized spacial score (nSPS) is 14.9. The number of fused-ring (bicyclic) bond motifs is 4. The van der Waals surface area contributed by atoms with E-state index >= 15 is 0 Å². The molecule has 0 saturated carbocycles. The van der Waals surface area contributed by atoms with Crippen LogP contribution >= 0.6 is 77.2 Å². The highest BCUT2D eigenvalue weighted by atomic mass is 79.9. The largest absolute Gasteiger partial charge is 0.328 e. The fourth-order valence-electron chi connectivity index (χ4n) is 7.49. The predicted octanol–water partition coefficient (Wildman–Crippen LogP) is 13.5. The highest BCUT2D eigenvalue weighted by Crippen LogP contribution is 2.46. The molecule has 0 fully saturated rings. The maximum Gasteiger partial charge on any atom is 0.248 e. The van der Waals surface area contributed by atoms with Crippen molar-refractivity contribution in [1.29, 1.82) is 0 Å². The lowest BCUT2D eigenvalue weighted by molar-refractivity contribution is -0.118. The Morgan fingerprint density at radius 3 is 1.87 bits per heavy atom. The Bertz CT molecular complexity index is 2490. The summed E-state index contributed by atoms with van der Waals surface area (Å²) in [4.78, 5) is 43.6. The van der Waals surface area contributed by atoms with E-state index in [4.69, 9.17) is 15.7 Å². The molecule has 62 heavy (non-hydrogen) atoms. The smallest absolute Gasteiger partial charge is 0.248 e. The number of carbonyl (C=O) groups is 2. The molecule has 1 amide bonds. The van der Waals surface area contributed by atoms with E-state index in [2.05, 4.69) is 112 Å². The van der Waals surface area contributed by atoms with Crippen molar-refractivity contribution in [3.05, 3.63) is 83.8 Å². The Morgan fingerprint density at radius 1 is 0.823 bits per heavy atom. The van der Waals surface area contributed by atoms with Gasteiger partial charge in [0.25, 0.3) is 0 Å². The number of hydrogen-bond donors (Lipinski definition) is 2. The quantitative estimate of drug-likeness (QED) is 0.105. The van der Waals surface area contributed by atoms with Gasteiger partial charge >= 0.3 is 0 Å². The van der Waals surface area contributed by atoms with Crippen LogP contribution < -0.4 is 11.1 Å². The SMILES string of the molecule is C=CC(=O)Nc1sc2c(c1-c1nc3cc(Br)ccc3s1)CCN(CC)C2.CC[C@H](C)CCCC(=O)Cc1sc2c(c1-c1nc3cc(Br)ccc3s1)CCN(CC)C2.CC[C@H](C)N. The molecular weight excluding hydrogens is 981 g/mol. The summed E-state index contributed by atoms with van der Waals surface area (Å²) in [5, 5.41) is 5.94. The number of nitrogens with zero attached hydrogens (tertiary/aromatic N) is 4. The molecule has 2 aliphatic rings. The number of thiophene rings is 2. The van der Waals surface area contributed by atoms with Gasteiger partial charge < -0.3 is 11.1 Å². The molecule has 0 spiro atoms. The van der Waals surface area contributed by atoms with E-state index in [1.54, 1.807) is 34.0 Å². The molecule has 0 unspecified atom stereocenters. The third-order valence-electron chi connectivity index (χ3n) is 11.6. The highest BCUT2D eigenvalue weighted by molar-refractivity contribution is 9.10. The summed E-state index contributed by atoms with van der Waals surface area (Å²) in [6, 6.07) is 12.8. The third kappa shape index (κ3) is 12.4. The van der Waals surface area contributed by atoms with Crippen molar-refractivity contribution in [1.82, 2.24) is 19.8 Å². The third-order valence-corrected chi connectivity index (χ3v) is 17.1. The number of carbonyl (C=O) groups excluding carboxylic acids is 2. The summed E-state index contributed by atoms with van der Waals surface area (Å²) < 4.78 is 4.43. The first-order valence-corrected chi connectivity index (χ1v) is 26.8. The Labute approximate surface area is 400 Å². The molecule has 6 aromatic rings. The highest BCUT2D eigenvalue weighted by Gasteiger charge is 2.29. The molecular formula is C48H60Br2N6O2S4. The van der Waals surface area contributed by atoms with Crippen LogP contribution in [0.3, 0.4) is 0 Å². The topological polar surface area (TPSA) is 104 Å². The van der Waals surface area contributed by atoms with Gasteiger partial charge in [-0.05, 0) is 105 Å². The van der Waals surface area contributed by atoms with Crippen molar-refractivity contribution in [2.45, 2.75) is 112 Å². The lowest BCUT2D eigenvalue weighted by Gasteiger charge is -2.25. The Morgan fingerprint density at radius 2 is 1.35 bits per heavy atom. The van der Waals surface area contributed by atoms with E-state index in [0.717, 1.165) is 117 Å². The molecule has 6 heterocycles. The summed E-state index contributed by atoms with van der Waals surface area (Å²) in [5.41, 5.74) is 12.4. The zero-order valence-electron chi connectivity index (χ0n) is 36.9. The van der Waals surface area contributed by atoms with Gasteiger partial charge in [0.05, 0.1) is 20.4 Å². The number of Topliss-reactive ketones (excluding diaryl/α,β-unsaturated/α-hetero) is 1. The molecule has 14 heteroatoms. The summed E-state index contributed by atoms with van der Waals surface area (Å²) in [7, 11) is 0. The van der Waals surface area contributed by atoms with Gasteiger partial charge in [-0.2, -0.15) is 0 Å². The summed E-state index contributed by atoms with van der Waals surface area (Å²) in [6.45, 7) is 22.8. The first-order valence-electron chi connectivity index (χ1n) is 21.9. The van der Waals surface area contributed by atoms with Gasteiger partial charge in [-0.3, -0.25) is 19.4 Å². The monoisotopic (exact) mass is 1040 g/mol. The van der Waals surface area contributed by atoms with Gasteiger partial charge in [0.2, 0.25) is 5.91 Å². The number of thiazole rings is 2. The minimum absolute atomic E-state index is 0.180. The number of anilines is 1. The van der Waals surface area contributed by atoms with Crippen LogP contribution in [0.5, 0.6) is 0 Å². The molecule has 8 nitrogen and oxygen atoms in total. The molecule has 2 atom stereocenters. The fourth-order valence-corrected chi connectivity index (χ4v) is 13.1. The number of aromatic nitrogens is 2. The predicted molar refractivity (Wildman–Crippen MR) is 275 cm³/mol. The van der Waals surface area contributed by atoms with Crippen molar-refractivity contribution >= 4 is 114 Å². The van der Waals surface area contributed by atoms with Gasteiger partial charge in [-0.25, -0.2) is 9.97 Å². The summed E-state index contributed by atoms with van der Waals surface area (Å²) in [5.74, 6) is 0.903. The second-order valence-electron chi connectivity index (χ2n) is 16.2. The molecule has 2 aromatic carbocycles. The first-order chi connectivity index (χ1) is 29.8. The van der Waals surface area contributed by atoms with Crippen molar-refractivity contribution in [3.63, 3.8) is 0 Å². The van der Waals surface area contributed by atoms with Crippen LogP contribution in [0.25, 0.3) is 41.6 Å². The van der Waals surface area contributed by atoms with E-state index < -0.39 is 0 Å². The molecule has 3 N–H and O–H groups in total. The average Bonchev–Trinajstić information content (AvgIpc) is 4.04. The minimum atomic E-state index is -0.180. The average molecular weight is 1040 g/mol. The number of likely N-dealkylation sites (N-methyl/N-ethyl adjacent to an activating group) is 2. The lowest BCUT2D eigenvalue weighted by Crippen LogP contribution is -2.29. The second kappa shape index (κ2) is 23.0. The number of benzene rings is 2. The molecule has 332 valence electrons. The number of halogens is 2. The Balaban J connectivity index is 0.000000189. The second-order valence-corrected chi connectivity index (χ2v) is 22.4. The van der Waals surface area contributed by atoms with Gasteiger partial charge in [0, 0.05) is 79.8 Å². The maximum absolute atomic E-state index is 12.9. The van der Waals surface area contributed by atoms with Crippen LogP contribution in [0.2, 0.25) is 0 Å². The van der Waals surface area contributed by atoms with Crippen LogP contribution in [0.1, 0.15) is 99.4 Å². The minimum Gasteiger partial charge on any atom is -0.328 e. The van der Waals surface area contributed by atoms with Crippen molar-refractivity contribution < 1.29 is 9.59 Å². The van der Waals surface area contributed by atoms with Crippen molar-refractivity contribution in [3.8, 4) is 21.1 Å². The number of rotatable bonds is 14. The van der Waals surface area contributed by atoms with Crippen molar-refractivity contribution in [2.75, 3.05) is 31.5 Å². The number of nitrogens with one attached hydrogen (secondary N) is 1. The summed E-state index contributed by atoms with van der Waals surface area (Å²) >= 11 is 14.0. The van der Waals surface area contributed by atoms with Crippen LogP contribution in [-0.4, -0.2) is 63.7 Å². The summed E-state index contributed by atoms with van der Waals surface area (Å²) in [6.07, 6.45) is 9.03. The van der Waals surface area contributed by atoms with E-state index in [1.807, 2.05) is 30.4 Å². The standard InChI is InChI=1S/C25H31BrN2OS2.C19H18BrN3OS2.C4H11N/c1-4-16(3)7-6-8-18(29)14-22-24(19-11-12-28(5-2)15-23(19)30-22)25-27-20-13-17(26)9-10-21(20)31-25;1-3-16(24)22-19-17(12-7-8-23(4-2)10-15(12)26-19)18-21-13-9-11(20)5-6-14(13)25-18;1-3-4(2)5/h9-10,13,16H,4-8,11-12,14-15H2,1-3H3;3,5-6,9H,1,4,7-8,10H2,2H3,(H,22,24);4H,3,5H2,1-2H3/t16-;;4-/m0.0/s1. The molecule has 0 aliphatic carbocycles. The molecule has 2 aliphatic heterocycles. The molecule has 4 aromatic heterocycles. The van der Waals surface area contributed by atoms with E-state index in [-0.39, 0.29) is 5.91 Å². The number of amides is 1. The zero-order chi connectivity index (χ0) is 44.5. The zero-order valence-corrected chi connectivity index (χ0v) is 43.3. The van der Waals surface area contributed by atoms with Crippen LogP contribution in [0, 0.1) is 5.92 Å².